The Bertz CT molecular complexity index is 1040. The van der Waals surface area contributed by atoms with E-state index in [4.69, 9.17) is 14.5 Å². The third-order valence-corrected chi connectivity index (χ3v) is 4.81. The van der Waals surface area contributed by atoms with Gasteiger partial charge in [-0.15, -0.1) is 0 Å². The topological polar surface area (TPSA) is 52.8 Å². The average molecular weight is 352 g/mol. The zero-order valence-electron chi connectivity index (χ0n) is 13.6. The van der Waals surface area contributed by atoms with Crippen molar-refractivity contribution in [2.45, 2.75) is 6.92 Å². The van der Waals surface area contributed by atoms with E-state index in [9.17, 15) is 4.79 Å². The summed E-state index contributed by atoms with van der Waals surface area (Å²) in [6.07, 6.45) is 2.04. The van der Waals surface area contributed by atoms with Gasteiger partial charge >= 0.3 is 5.97 Å². The molecule has 0 N–H and O–H groups in total. The minimum absolute atomic E-state index is 0.0833. The molecule has 6 heteroatoms. The van der Waals surface area contributed by atoms with Gasteiger partial charge in [-0.05, 0) is 25.1 Å². The van der Waals surface area contributed by atoms with Crippen molar-refractivity contribution in [2.75, 3.05) is 13.2 Å². The van der Waals surface area contributed by atoms with Crippen LogP contribution in [0.1, 0.15) is 6.92 Å². The Hall–Kier alpha value is -2.86. The highest BCUT2D eigenvalue weighted by Gasteiger charge is 2.11. The smallest absolute Gasteiger partial charge is 0.344 e. The largest absolute Gasteiger partial charge is 0.482 e. The molecule has 0 atom stereocenters. The molecule has 0 spiro atoms. The molecule has 0 aliphatic carbocycles. The summed E-state index contributed by atoms with van der Waals surface area (Å²) in [6.45, 7) is 2.04. The number of benzene rings is 2. The Morgan fingerprint density at radius 1 is 1.20 bits per heavy atom. The summed E-state index contributed by atoms with van der Waals surface area (Å²) in [7, 11) is 0. The maximum atomic E-state index is 11.4. The third-order valence-electron chi connectivity index (χ3n) is 3.80. The number of rotatable bonds is 5. The quantitative estimate of drug-likeness (QED) is 0.506. The van der Waals surface area contributed by atoms with Crippen molar-refractivity contribution in [1.29, 1.82) is 0 Å². The molecule has 0 radical (unpaired) electrons. The maximum absolute atomic E-state index is 11.4. The zero-order valence-corrected chi connectivity index (χ0v) is 14.5. The molecule has 0 fully saturated rings. The molecular formula is C19H16N2O3S. The van der Waals surface area contributed by atoms with E-state index in [-0.39, 0.29) is 12.6 Å². The number of hydrogen-bond acceptors (Lipinski definition) is 5. The van der Waals surface area contributed by atoms with E-state index in [1.807, 2.05) is 42.6 Å². The lowest BCUT2D eigenvalue weighted by atomic mass is 10.2. The SMILES string of the molecule is CCOC(=O)COc1ccc2c(c1)sc1nc(-c3ccccc3)cn12. The van der Waals surface area contributed by atoms with Crippen molar-refractivity contribution >= 4 is 32.5 Å². The van der Waals surface area contributed by atoms with Gasteiger partial charge in [0.25, 0.3) is 0 Å². The van der Waals surface area contributed by atoms with E-state index in [2.05, 4.69) is 16.5 Å². The van der Waals surface area contributed by atoms with Crippen LogP contribution in [0.2, 0.25) is 0 Å². The Morgan fingerprint density at radius 3 is 2.84 bits per heavy atom. The van der Waals surface area contributed by atoms with Crippen molar-refractivity contribution < 1.29 is 14.3 Å². The fourth-order valence-electron chi connectivity index (χ4n) is 2.66. The van der Waals surface area contributed by atoms with Crippen molar-refractivity contribution in [3.63, 3.8) is 0 Å². The molecule has 0 bridgehead atoms. The van der Waals surface area contributed by atoms with Gasteiger partial charge in [0.15, 0.2) is 11.6 Å². The molecule has 0 unspecified atom stereocenters. The molecule has 0 aliphatic heterocycles. The molecule has 4 rings (SSSR count). The monoisotopic (exact) mass is 352 g/mol. The molecule has 0 saturated carbocycles. The zero-order chi connectivity index (χ0) is 17.2. The van der Waals surface area contributed by atoms with Gasteiger partial charge in [0, 0.05) is 11.8 Å². The summed E-state index contributed by atoms with van der Waals surface area (Å²) >= 11 is 1.59. The number of carbonyl (C=O) groups excluding carboxylic acids is 1. The van der Waals surface area contributed by atoms with Gasteiger partial charge in [-0.2, -0.15) is 0 Å². The van der Waals surface area contributed by atoms with Crippen molar-refractivity contribution in [3.8, 4) is 17.0 Å². The molecule has 5 nitrogen and oxygen atoms in total. The van der Waals surface area contributed by atoms with Gasteiger partial charge in [0.1, 0.15) is 5.75 Å². The summed E-state index contributed by atoms with van der Waals surface area (Å²) in [5, 5.41) is 0. The van der Waals surface area contributed by atoms with Crippen LogP contribution in [0.25, 0.3) is 26.4 Å². The molecule has 25 heavy (non-hydrogen) atoms. The predicted octanol–water partition coefficient (Wildman–Crippen LogP) is 4.16. The van der Waals surface area contributed by atoms with Crippen molar-refractivity contribution in [1.82, 2.24) is 9.38 Å². The number of aromatic nitrogens is 2. The maximum Gasteiger partial charge on any atom is 0.344 e. The van der Waals surface area contributed by atoms with E-state index in [0.717, 1.165) is 26.4 Å². The lowest BCUT2D eigenvalue weighted by Gasteiger charge is -2.05. The first kappa shape index (κ1) is 15.7. The highest BCUT2D eigenvalue weighted by Crippen LogP contribution is 2.31. The number of hydrogen-bond donors (Lipinski definition) is 0. The highest BCUT2D eigenvalue weighted by atomic mass is 32.1. The van der Waals surface area contributed by atoms with Gasteiger partial charge in [-0.25, -0.2) is 9.78 Å². The summed E-state index contributed by atoms with van der Waals surface area (Å²) in [5.74, 6) is 0.282. The summed E-state index contributed by atoms with van der Waals surface area (Å²) in [6, 6.07) is 15.9. The van der Waals surface area contributed by atoms with Crippen molar-refractivity contribution in [3.05, 3.63) is 54.7 Å². The molecule has 2 aromatic heterocycles. The molecule has 0 amide bonds. The Kier molecular flexibility index (Phi) is 4.11. The number of esters is 1. The van der Waals surface area contributed by atoms with Crippen LogP contribution in [0, 0.1) is 0 Å². The molecular weight excluding hydrogens is 336 g/mol. The molecule has 126 valence electrons. The minimum atomic E-state index is -0.365. The van der Waals surface area contributed by atoms with Gasteiger partial charge in [0.2, 0.25) is 0 Å². The predicted molar refractivity (Wildman–Crippen MR) is 98.1 cm³/mol. The van der Waals surface area contributed by atoms with Crippen LogP contribution in [0.5, 0.6) is 5.75 Å². The van der Waals surface area contributed by atoms with Crippen LogP contribution < -0.4 is 4.74 Å². The van der Waals surface area contributed by atoms with Crippen LogP contribution in [0.15, 0.2) is 54.7 Å². The second-order valence-corrected chi connectivity index (χ2v) is 6.48. The number of imidazole rings is 1. The van der Waals surface area contributed by atoms with Crippen LogP contribution in [0.4, 0.5) is 0 Å². The first-order valence-electron chi connectivity index (χ1n) is 8.00. The molecule has 4 aromatic rings. The molecule has 0 aliphatic rings. The Labute approximate surface area is 148 Å². The number of nitrogens with zero attached hydrogens (tertiary/aromatic N) is 2. The molecule has 0 saturated heterocycles. The summed E-state index contributed by atoms with van der Waals surface area (Å²) in [4.78, 5) is 17.0. The Morgan fingerprint density at radius 2 is 2.04 bits per heavy atom. The van der Waals surface area contributed by atoms with E-state index in [1.54, 1.807) is 18.3 Å². The van der Waals surface area contributed by atoms with E-state index in [1.165, 1.54) is 0 Å². The van der Waals surface area contributed by atoms with Crippen LogP contribution in [-0.2, 0) is 9.53 Å². The minimum Gasteiger partial charge on any atom is -0.482 e. The fraction of sp³-hybridized carbons (Fsp3) is 0.158. The summed E-state index contributed by atoms with van der Waals surface area (Å²) in [5.41, 5.74) is 3.12. The second kappa shape index (κ2) is 6.57. The van der Waals surface area contributed by atoms with Crippen LogP contribution in [0.3, 0.4) is 0 Å². The second-order valence-electron chi connectivity index (χ2n) is 5.47. The average Bonchev–Trinajstić information content (AvgIpc) is 3.18. The third kappa shape index (κ3) is 3.08. The standard InChI is InChI=1S/C19H16N2O3S/c1-2-23-18(22)12-24-14-8-9-16-17(10-14)25-19-20-15(11-21(16)19)13-6-4-3-5-7-13/h3-11H,2,12H2,1H3. The summed E-state index contributed by atoms with van der Waals surface area (Å²) < 4.78 is 13.5. The first-order chi connectivity index (χ1) is 12.2. The molecule has 2 aromatic carbocycles. The van der Waals surface area contributed by atoms with Gasteiger partial charge < -0.3 is 9.47 Å². The van der Waals surface area contributed by atoms with E-state index in [0.29, 0.717) is 12.4 Å². The van der Waals surface area contributed by atoms with E-state index < -0.39 is 0 Å². The van der Waals surface area contributed by atoms with Crippen LogP contribution in [-0.4, -0.2) is 28.6 Å². The number of ether oxygens (including phenoxy) is 2. The number of carbonyl (C=O) groups is 1. The highest BCUT2D eigenvalue weighted by molar-refractivity contribution is 7.23. The number of thiazole rings is 1. The normalized spacial score (nSPS) is 11.1. The van der Waals surface area contributed by atoms with Gasteiger partial charge in [-0.3, -0.25) is 4.40 Å². The van der Waals surface area contributed by atoms with Gasteiger partial charge in [-0.1, -0.05) is 41.7 Å². The van der Waals surface area contributed by atoms with Gasteiger partial charge in [0.05, 0.1) is 22.5 Å². The molecule has 2 heterocycles. The van der Waals surface area contributed by atoms with Crippen molar-refractivity contribution in [2.24, 2.45) is 0 Å². The Balaban J connectivity index is 1.63. The first-order valence-corrected chi connectivity index (χ1v) is 8.82. The fourth-order valence-corrected chi connectivity index (χ4v) is 3.70. The van der Waals surface area contributed by atoms with E-state index >= 15 is 0 Å². The van der Waals surface area contributed by atoms with Crippen LogP contribution >= 0.6 is 11.3 Å². The lowest BCUT2D eigenvalue weighted by Crippen LogP contribution is -2.14. The lowest BCUT2D eigenvalue weighted by molar-refractivity contribution is -0.145. The number of fused-ring (bicyclic) bond motifs is 3.